The van der Waals surface area contributed by atoms with Gasteiger partial charge in [-0.2, -0.15) is 0 Å². The van der Waals surface area contributed by atoms with E-state index in [1.807, 2.05) is 12.5 Å². The molecule has 3 rings (SSSR count). The van der Waals surface area contributed by atoms with Crippen LogP contribution in [0.1, 0.15) is 6.42 Å². The molecule has 0 spiro atoms. The highest BCUT2D eigenvalue weighted by Gasteiger charge is 2.16. The summed E-state index contributed by atoms with van der Waals surface area (Å²) in [7, 11) is -4.94. The van der Waals surface area contributed by atoms with Crippen molar-refractivity contribution in [2.75, 3.05) is 0 Å². The number of aryl methyl sites for hydroxylation is 2. The number of nitrogens with zero attached hydrogens (tertiary/aromatic N) is 3. The molecule has 0 saturated carbocycles. The van der Waals surface area contributed by atoms with Crippen molar-refractivity contribution in [3.05, 3.63) is 24.8 Å². The minimum absolute atomic E-state index is 1.11. The SMILES string of the molecule is [O-][Cl+3]([O-])([O-])[O-].c1cn2c3c1cnc[n+]3CCC2. The van der Waals surface area contributed by atoms with Crippen molar-refractivity contribution < 1.29 is 33.4 Å². The first-order valence-corrected chi connectivity index (χ1v) is 6.12. The van der Waals surface area contributed by atoms with Crippen molar-refractivity contribution in [3.8, 4) is 0 Å². The minimum Gasteiger partial charge on any atom is -0.266 e. The van der Waals surface area contributed by atoms with Gasteiger partial charge in [0.1, 0.15) is 6.20 Å². The van der Waals surface area contributed by atoms with Crippen LogP contribution in [0.3, 0.4) is 0 Å². The van der Waals surface area contributed by atoms with E-state index in [-0.39, 0.29) is 0 Å². The lowest BCUT2D eigenvalue weighted by atomic mass is 10.3. The van der Waals surface area contributed by atoms with Crippen molar-refractivity contribution in [3.63, 3.8) is 0 Å². The number of rotatable bonds is 0. The Labute approximate surface area is 98.9 Å². The summed E-state index contributed by atoms with van der Waals surface area (Å²) in [5.41, 5.74) is 1.32. The third-order valence-corrected chi connectivity index (χ3v) is 2.45. The Kier molecular flexibility index (Phi) is 3.27. The van der Waals surface area contributed by atoms with Crippen LogP contribution in [0.25, 0.3) is 11.0 Å². The Morgan fingerprint density at radius 2 is 2.00 bits per heavy atom. The lowest BCUT2D eigenvalue weighted by Gasteiger charge is -2.17. The Hall–Kier alpha value is -1.25. The molecule has 92 valence electrons. The molecule has 0 fully saturated rings. The van der Waals surface area contributed by atoms with Gasteiger partial charge in [-0.05, 0) is 6.07 Å². The molecule has 0 atom stereocenters. The largest absolute Gasteiger partial charge is 0.266 e. The summed E-state index contributed by atoms with van der Waals surface area (Å²) in [6, 6.07) is 2.13. The van der Waals surface area contributed by atoms with Crippen molar-refractivity contribution in [2.45, 2.75) is 19.5 Å². The Balaban J connectivity index is 0.000000188. The summed E-state index contributed by atoms with van der Waals surface area (Å²) >= 11 is 0. The molecular weight excluding hydrogens is 250 g/mol. The quantitative estimate of drug-likeness (QED) is 0.447. The molecule has 8 heteroatoms. The molecule has 0 unspecified atom stereocenters. The summed E-state index contributed by atoms with van der Waals surface area (Å²) in [5.74, 6) is 0. The second kappa shape index (κ2) is 4.55. The van der Waals surface area contributed by atoms with Gasteiger partial charge < -0.3 is 0 Å². The molecule has 3 heterocycles. The number of aromatic nitrogens is 3. The van der Waals surface area contributed by atoms with Crippen LogP contribution < -0.4 is 23.2 Å². The van der Waals surface area contributed by atoms with Gasteiger partial charge in [-0.25, -0.2) is 23.2 Å². The summed E-state index contributed by atoms with van der Waals surface area (Å²) < 4.78 is 38.5. The van der Waals surface area contributed by atoms with Gasteiger partial charge in [0, 0.05) is 6.42 Å². The van der Waals surface area contributed by atoms with Gasteiger partial charge in [-0.3, -0.25) is 4.57 Å². The molecule has 1 aliphatic heterocycles. The molecule has 0 aromatic carbocycles. The van der Waals surface area contributed by atoms with Crippen molar-refractivity contribution >= 4 is 11.0 Å². The fraction of sp³-hybridized carbons (Fsp3) is 0.333. The molecule has 0 aliphatic carbocycles. The first kappa shape index (κ1) is 12.2. The minimum atomic E-state index is -4.94. The maximum atomic E-state index is 8.49. The van der Waals surface area contributed by atoms with Crippen molar-refractivity contribution in [2.24, 2.45) is 0 Å². The zero-order valence-corrected chi connectivity index (χ0v) is 9.54. The fourth-order valence-electron chi connectivity index (χ4n) is 1.92. The van der Waals surface area contributed by atoms with Gasteiger partial charge in [-0.1, -0.05) is 0 Å². The lowest BCUT2D eigenvalue weighted by molar-refractivity contribution is -2.00. The Morgan fingerprint density at radius 3 is 2.71 bits per heavy atom. The first-order chi connectivity index (χ1) is 7.95. The van der Waals surface area contributed by atoms with Gasteiger partial charge in [0.2, 0.25) is 12.0 Å². The molecule has 2 aromatic rings. The molecule has 0 radical (unpaired) electrons. The molecule has 7 nitrogen and oxygen atoms in total. The van der Waals surface area contributed by atoms with Gasteiger partial charge in [0.25, 0.3) is 0 Å². The van der Waals surface area contributed by atoms with Gasteiger partial charge in [-0.15, -0.1) is 15.2 Å². The van der Waals surface area contributed by atoms with E-state index in [2.05, 4.69) is 26.4 Å². The van der Waals surface area contributed by atoms with Gasteiger partial charge >= 0.3 is 0 Å². The van der Waals surface area contributed by atoms with Crippen LogP contribution in [0.15, 0.2) is 24.8 Å². The molecule has 1 aliphatic rings. The molecule has 0 N–H and O–H groups in total. The molecule has 0 amide bonds. The lowest BCUT2D eigenvalue weighted by Crippen LogP contribution is -2.68. The highest BCUT2D eigenvalue weighted by molar-refractivity contribution is 5.71. The van der Waals surface area contributed by atoms with Crippen LogP contribution in [0.4, 0.5) is 0 Å². The molecular formula is C9H10ClN3O4. The second-order valence-electron chi connectivity index (χ2n) is 3.61. The molecule has 17 heavy (non-hydrogen) atoms. The predicted molar refractivity (Wildman–Crippen MR) is 44.5 cm³/mol. The summed E-state index contributed by atoms with van der Waals surface area (Å²) in [6.07, 6.45) is 7.20. The second-order valence-corrected chi connectivity index (χ2v) is 4.36. The zero-order valence-electron chi connectivity index (χ0n) is 8.78. The summed E-state index contributed by atoms with van der Waals surface area (Å²) in [5, 5.41) is 1.25. The van der Waals surface area contributed by atoms with E-state index in [4.69, 9.17) is 18.6 Å². The van der Waals surface area contributed by atoms with E-state index in [0.29, 0.717) is 0 Å². The standard InChI is InChI=1S/C9H10N3.ClHO4/c1-3-11-5-2-8-6-10-7-12(4-1)9(8)11;2-1(3,4)5/h2,5-7H,1,3-4H2;(H,2,3,4,5)/q+1;/p-1. The Bertz CT molecular complexity index is 516. The number of halogens is 1. The number of hydrogen-bond donors (Lipinski definition) is 0. The zero-order chi connectivity index (χ0) is 12.5. The topological polar surface area (TPSA) is 114 Å². The maximum absolute atomic E-state index is 8.49. The van der Waals surface area contributed by atoms with Gasteiger partial charge in [0.05, 0.1) is 24.7 Å². The van der Waals surface area contributed by atoms with Crippen LogP contribution in [-0.2, 0) is 13.1 Å². The third kappa shape index (κ3) is 3.11. The van der Waals surface area contributed by atoms with E-state index in [1.54, 1.807) is 0 Å². The molecule has 0 bridgehead atoms. The highest BCUT2D eigenvalue weighted by atomic mass is 35.7. The van der Waals surface area contributed by atoms with E-state index in [9.17, 15) is 0 Å². The molecule has 2 aromatic heterocycles. The van der Waals surface area contributed by atoms with E-state index >= 15 is 0 Å². The van der Waals surface area contributed by atoms with Crippen molar-refractivity contribution in [1.82, 2.24) is 9.55 Å². The Morgan fingerprint density at radius 1 is 1.29 bits per heavy atom. The average Bonchev–Trinajstić information content (AvgIpc) is 2.62. The predicted octanol–water partition coefficient (Wildman–Crippen LogP) is -4.03. The van der Waals surface area contributed by atoms with E-state index in [0.717, 1.165) is 13.1 Å². The summed E-state index contributed by atoms with van der Waals surface area (Å²) in [4.78, 5) is 4.18. The monoisotopic (exact) mass is 259 g/mol. The maximum Gasteiger partial charge on any atom is 0.238 e. The van der Waals surface area contributed by atoms with E-state index in [1.165, 1.54) is 17.5 Å². The van der Waals surface area contributed by atoms with Crippen LogP contribution in [0, 0.1) is 10.2 Å². The smallest absolute Gasteiger partial charge is 0.238 e. The van der Waals surface area contributed by atoms with Crippen LogP contribution in [-0.4, -0.2) is 9.55 Å². The van der Waals surface area contributed by atoms with Crippen molar-refractivity contribution in [1.29, 1.82) is 0 Å². The molecule has 0 saturated heterocycles. The van der Waals surface area contributed by atoms with Crippen LogP contribution in [0.5, 0.6) is 0 Å². The van der Waals surface area contributed by atoms with Crippen LogP contribution >= 0.6 is 0 Å². The highest BCUT2D eigenvalue weighted by Crippen LogP contribution is 2.13. The van der Waals surface area contributed by atoms with Gasteiger partial charge in [0.15, 0.2) is 0 Å². The number of hydrogen-bond acceptors (Lipinski definition) is 5. The fourth-order valence-corrected chi connectivity index (χ4v) is 1.92. The first-order valence-electron chi connectivity index (χ1n) is 4.89. The van der Waals surface area contributed by atoms with E-state index < -0.39 is 10.2 Å². The van der Waals surface area contributed by atoms with Crippen LogP contribution in [0.2, 0.25) is 0 Å². The normalized spacial score (nSPS) is 14.4. The third-order valence-electron chi connectivity index (χ3n) is 2.45. The average molecular weight is 260 g/mol. The summed E-state index contributed by atoms with van der Waals surface area (Å²) in [6.45, 7) is 2.25.